The maximum absolute atomic E-state index is 11.3. The number of phosphoric acid groups is 1. The maximum Gasteiger partial charge on any atom is 0.472 e. The van der Waals surface area contributed by atoms with Crippen LogP contribution in [0.2, 0.25) is 0 Å². The number of alkyl carbamates (subject to hydrolysis) is 1. The highest BCUT2D eigenvalue weighted by molar-refractivity contribution is 7.47. The Bertz CT molecular complexity index is 520. The second kappa shape index (κ2) is 8.53. The van der Waals surface area contributed by atoms with E-state index in [2.05, 4.69) is 14.4 Å². The Morgan fingerprint density at radius 1 is 1.29 bits per heavy atom. The summed E-state index contributed by atoms with van der Waals surface area (Å²) in [4.78, 5) is 31.5. The maximum atomic E-state index is 11.3. The van der Waals surface area contributed by atoms with Gasteiger partial charge in [-0.15, -0.1) is 0 Å². The SMILES string of the molecule is COP(=O)(O)OCC(=O)CNC(=O)OCc1ccccc1. The van der Waals surface area contributed by atoms with Crippen molar-refractivity contribution in [1.82, 2.24) is 5.32 Å². The van der Waals surface area contributed by atoms with E-state index in [-0.39, 0.29) is 13.2 Å². The number of carbonyl (C=O) groups is 2. The van der Waals surface area contributed by atoms with Gasteiger partial charge in [0.05, 0.1) is 6.54 Å². The number of rotatable bonds is 8. The first-order valence-corrected chi connectivity index (χ1v) is 7.42. The molecule has 1 atom stereocenters. The summed E-state index contributed by atoms with van der Waals surface area (Å²) in [6, 6.07) is 9.02. The summed E-state index contributed by atoms with van der Waals surface area (Å²) in [6.45, 7) is -0.954. The molecule has 0 aliphatic heterocycles. The van der Waals surface area contributed by atoms with Crippen molar-refractivity contribution < 1.29 is 32.8 Å². The number of ether oxygens (including phenoxy) is 1. The Balaban J connectivity index is 2.21. The zero-order chi connectivity index (χ0) is 15.7. The van der Waals surface area contributed by atoms with Crippen LogP contribution in [0.4, 0.5) is 4.79 Å². The van der Waals surface area contributed by atoms with Gasteiger partial charge >= 0.3 is 13.9 Å². The normalized spacial score (nSPS) is 13.2. The Hall–Kier alpha value is -1.73. The molecular weight excluding hydrogens is 301 g/mol. The summed E-state index contributed by atoms with van der Waals surface area (Å²) >= 11 is 0. The molecule has 1 amide bonds. The molecule has 0 aromatic heterocycles. The molecule has 116 valence electrons. The molecule has 9 heteroatoms. The highest BCUT2D eigenvalue weighted by atomic mass is 31.2. The van der Waals surface area contributed by atoms with E-state index in [0.717, 1.165) is 12.7 Å². The zero-order valence-corrected chi connectivity index (χ0v) is 12.2. The van der Waals surface area contributed by atoms with Crippen molar-refractivity contribution in [3.05, 3.63) is 35.9 Å². The first-order valence-electron chi connectivity index (χ1n) is 5.92. The number of ketones is 1. The van der Waals surface area contributed by atoms with Crippen LogP contribution in [0, 0.1) is 0 Å². The number of hydrogen-bond donors (Lipinski definition) is 2. The third kappa shape index (κ3) is 7.57. The molecular formula is C12H16NO7P. The Kier molecular flexibility index (Phi) is 7.04. The van der Waals surface area contributed by atoms with E-state index in [0.29, 0.717) is 0 Å². The van der Waals surface area contributed by atoms with Crippen molar-refractivity contribution in [2.24, 2.45) is 0 Å². The van der Waals surface area contributed by atoms with Gasteiger partial charge in [-0.25, -0.2) is 9.36 Å². The van der Waals surface area contributed by atoms with Gasteiger partial charge in [0.25, 0.3) is 0 Å². The molecule has 0 saturated heterocycles. The third-order valence-corrected chi connectivity index (χ3v) is 3.18. The Morgan fingerprint density at radius 3 is 2.57 bits per heavy atom. The molecule has 0 aliphatic rings. The number of amides is 1. The summed E-state index contributed by atoms with van der Waals surface area (Å²) < 4.78 is 24.3. The minimum absolute atomic E-state index is 0.0763. The van der Waals surface area contributed by atoms with Gasteiger partial charge in [-0.1, -0.05) is 30.3 Å². The van der Waals surface area contributed by atoms with Crippen LogP contribution >= 0.6 is 7.82 Å². The van der Waals surface area contributed by atoms with Crippen LogP contribution in [0.5, 0.6) is 0 Å². The van der Waals surface area contributed by atoms with Crippen LogP contribution < -0.4 is 5.32 Å². The van der Waals surface area contributed by atoms with Crippen LogP contribution in [-0.4, -0.2) is 37.0 Å². The molecule has 0 fully saturated rings. The average Bonchev–Trinajstić information content (AvgIpc) is 2.50. The summed E-state index contributed by atoms with van der Waals surface area (Å²) in [6.07, 6.45) is -0.772. The summed E-state index contributed by atoms with van der Waals surface area (Å²) in [5.74, 6) is -0.599. The predicted octanol–water partition coefficient (Wildman–Crippen LogP) is 1.25. The van der Waals surface area contributed by atoms with E-state index < -0.39 is 26.3 Å². The van der Waals surface area contributed by atoms with Gasteiger partial charge in [-0.2, -0.15) is 0 Å². The number of hydrogen-bond acceptors (Lipinski definition) is 6. The molecule has 0 heterocycles. The van der Waals surface area contributed by atoms with Crippen LogP contribution in [-0.2, 0) is 29.8 Å². The fourth-order valence-electron chi connectivity index (χ4n) is 1.20. The van der Waals surface area contributed by atoms with Crippen molar-refractivity contribution in [3.63, 3.8) is 0 Å². The monoisotopic (exact) mass is 317 g/mol. The van der Waals surface area contributed by atoms with Crippen LogP contribution in [0.1, 0.15) is 5.56 Å². The lowest BCUT2D eigenvalue weighted by Gasteiger charge is -2.09. The summed E-state index contributed by atoms with van der Waals surface area (Å²) in [5, 5.41) is 2.20. The fourth-order valence-corrected chi connectivity index (χ4v) is 1.61. The van der Waals surface area contributed by atoms with Gasteiger partial charge < -0.3 is 14.9 Å². The average molecular weight is 317 g/mol. The van der Waals surface area contributed by atoms with Crippen molar-refractivity contribution in [2.45, 2.75) is 6.61 Å². The topological polar surface area (TPSA) is 111 Å². The van der Waals surface area contributed by atoms with Crippen molar-refractivity contribution in [2.75, 3.05) is 20.3 Å². The quantitative estimate of drug-likeness (QED) is 0.694. The first kappa shape index (κ1) is 17.3. The lowest BCUT2D eigenvalue weighted by molar-refractivity contribution is -0.120. The lowest BCUT2D eigenvalue weighted by atomic mass is 10.2. The Morgan fingerprint density at radius 2 is 1.95 bits per heavy atom. The minimum Gasteiger partial charge on any atom is -0.445 e. The van der Waals surface area contributed by atoms with E-state index in [1.54, 1.807) is 24.3 Å². The van der Waals surface area contributed by atoms with Gasteiger partial charge in [0.15, 0.2) is 5.78 Å². The molecule has 1 aromatic carbocycles. The minimum atomic E-state index is -4.19. The molecule has 1 aromatic rings. The predicted molar refractivity (Wildman–Crippen MR) is 72.4 cm³/mol. The van der Waals surface area contributed by atoms with E-state index in [9.17, 15) is 14.2 Å². The molecule has 8 nitrogen and oxygen atoms in total. The van der Waals surface area contributed by atoms with Gasteiger partial charge in [0, 0.05) is 7.11 Å². The second-order valence-electron chi connectivity index (χ2n) is 3.88. The second-order valence-corrected chi connectivity index (χ2v) is 5.44. The molecule has 0 saturated carbocycles. The standard InChI is InChI=1S/C12H16NO7P/c1-18-21(16,17)20-9-11(14)7-13-12(15)19-8-10-5-3-2-4-6-10/h2-6H,7-9H2,1H3,(H,13,15)(H,16,17). The van der Waals surface area contributed by atoms with E-state index in [4.69, 9.17) is 9.63 Å². The summed E-state index contributed by atoms with van der Waals surface area (Å²) in [5.41, 5.74) is 0.809. The highest BCUT2D eigenvalue weighted by Crippen LogP contribution is 2.41. The Labute approximate surface area is 121 Å². The molecule has 0 bridgehead atoms. The lowest BCUT2D eigenvalue weighted by Crippen LogP contribution is -2.31. The highest BCUT2D eigenvalue weighted by Gasteiger charge is 2.20. The van der Waals surface area contributed by atoms with Crippen LogP contribution in [0.25, 0.3) is 0 Å². The molecule has 1 rings (SSSR count). The smallest absolute Gasteiger partial charge is 0.445 e. The number of phosphoric ester groups is 1. The number of carbonyl (C=O) groups excluding carboxylic acids is 2. The van der Waals surface area contributed by atoms with Crippen LogP contribution in [0.3, 0.4) is 0 Å². The fraction of sp³-hybridized carbons (Fsp3) is 0.333. The van der Waals surface area contributed by atoms with Crippen molar-refractivity contribution in [3.8, 4) is 0 Å². The van der Waals surface area contributed by atoms with E-state index in [1.807, 2.05) is 6.07 Å². The molecule has 21 heavy (non-hydrogen) atoms. The first-order chi connectivity index (χ1) is 9.93. The third-order valence-electron chi connectivity index (χ3n) is 2.26. The molecule has 0 radical (unpaired) electrons. The van der Waals surface area contributed by atoms with E-state index >= 15 is 0 Å². The van der Waals surface area contributed by atoms with Crippen molar-refractivity contribution >= 4 is 19.7 Å². The number of nitrogens with one attached hydrogen (secondary N) is 1. The van der Waals surface area contributed by atoms with Gasteiger partial charge in [-0.05, 0) is 5.56 Å². The van der Waals surface area contributed by atoms with Crippen LogP contribution in [0.15, 0.2) is 30.3 Å². The summed E-state index contributed by atoms with van der Waals surface area (Å²) in [7, 11) is -3.22. The van der Waals surface area contributed by atoms with Gasteiger partial charge in [-0.3, -0.25) is 13.8 Å². The molecule has 0 aliphatic carbocycles. The molecule has 2 N–H and O–H groups in total. The van der Waals surface area contributed by atoms with E-state index in [1.165, 1.54) is 0 Å². The number of Topliss-reactive ketones (excluding diaryl/α,β-unsaturated/α-hetero) is 1. The zero-order valence-electron chi connectivity index (χ0n) is 11.4. The largest absolute Gasteiger partial charge is 0.472 e. The van der Waals surface area contributed by atoms with Crippen molar-refractivity contribution in [1.29, 1.82) is 0 Å². The molecule has 0 spiro atoms. The van der Waals surface area contributed by atoms with Gasteiger partial charge in [0.2, 0.25) is 0 Å². The van der Waals surface area contributed by atoms with Gasteiger partial charge in [0.1, 0.15) is 13.2 Å². The number of benzene rings is 1. The molecule has 1 unspecified atom stereocenters.